The van der Waals surface area contributed by atoms with Gasteiger partial charge in [0.15, 0.2) is 6.61 Å². The van der Waals surface area contributed by atoms with Crippen molar-refractivity contribution >= 4 is 51.9 Å². The van der Waals surface area contributed by atoms with E-state index >= 15 is 0 Å². The molecule has 5 nitrogen and oxygen atoms in total. The van der Waals surface area contributed by atoms with E-state index in [-0.39, 0.29) is 24.5 Å². The second-order valence-electron chi connectivity index (χ2n) is 7.34. The third kappa shape index (κ3) is 5.09. The number of carbonyl (C=O) groups excluding carboxylic acids is 2. The lowest BCUT2D eigenvalue weighted by molar-refractivity contribution is -0.123. The lowest BCUT2D eigenvalue weighted by Crippen LogP contribution is -2.34. The highest BCUT2D eigenvalue weighted by Gasteiger charge is 2.33. The molecule has 1 N–H and O–H groups in total. The summed E-state index contributed by atoms with van der Waals surface area (Å²) in [6, 6.07) is 13.2. The van der Waals surface area contributed by atoms with Crippen molar-refractivity contribution in [3.05, 3.63) is 64.1 Å². The Morgan fingerprint density at radius 2 is 1.97 bits per heavy atom. The van der Waals surface area contributed by atoms with E-state index in [0.717, 1.165) is 22.4 Å². The number of hydrogen-bond acceptors (Lipinski definition) is 5. The fourth-order valence-electron chi connectivity index (χ4n) is 3.08. The van der Waals surface area contributed by atoms with E-state index in [0.29, 0.717) is 15.0 Å². The molecule has 1 fully saturated rings. The predicted molar refractivity (Wildman–Crippen MR) is 127 cm³/mol. The largest absolute Gasteiger partial charge is 0.483 e. The summed E-state index contributed by atoms with van der Waals surface area (Å²) >= 11 is 6.61. The van der Waals surface area contributed by atoms with Crippen molar-refractivity contribution in [2.45, 2.75) is 33.7 Å². The number of nitrogens with one attached hydrogen (secondary N) is 1. The Balaban J connectivity index is 1.71. The van der Waals surface area contributed by atoms with Gasteiger partial charge < -0.3 is 10.1 Å². The molecule has 156 valence electrons. The number of thioether (sulfide) groups is 1. The van der Waals surface area contributed by atoms with Crippen LogP contribution >= 0.6 is 24.0 Å². The quantitative estimate of drug-likeness (QED) is 0.510. The van der Waals surface area contributed by atoms with Gasteiger partial charge in [-0.15, -0.1) is 0 Å². The highest BCUT2D eigenvalue weighted by Crippen LogP contribution is 2.35. The van der Waals surface area contributed by atoms with Crippen LogP contribution in [0, 0.1) is 13.8 Å². The molecule has 0 atom stereocenters. The molecule has 0 bridgehead atoms. The maximum atomic E-state index is 12.6. The number of para-hydroxylation sites is 1. The number of ether oxygens (including phenoxy) is 1. The Morgan fingerprint density at radius 3 is 2.63 bits per heavy atom. The minimum atomic E-state index is -0.247. The van der Waals surface area contributed by atoms with E-state index in [2.05, 4.69) is 5.32 Å². The maximum Gasteiger partial charge on any atom is 0.266 e. The SMILES string of the molecule is Cc1ccc(NC(=O)COc2ccccc2/C=C2\SC(=S)N(C(C)C)C2=O)c(C)c1. The van der Waals surface area contributed by atoms with Crippen LogP contribution in [0.4, 0.5) is 5.69 Å². The van der Waals surface area contributed by atoms with Crippen LogP contribution in [0.25, 0.3) is 6.08 Å². The van der Waals surface area contributed by atoms with Crippen molar-refractivity contribution in [3.63, 3.8) is 0 Å². The van der Waals surface area contributed by atoms with Crippen LogP contribution in [0.2, 0.25) is 0 Å². The van der Waals surface area contributed by atoms with Crippen LogP contribution < -0.4 is 10.1 Å². The van der Waals surface area contributed by atoms with Crippen LogP contribution in [0.5, 0.6) is 5.75 Å². The van der Waals surface area contributed by atoms with Crippen LogP contribution in [0.1, 0.15) is 30.5 Å². The summed E-state index contributed by atoms with van der Waals surface area (Å²) in [5.74, 6) is 0.174. The van der Waals surface area contributed by atoms with Crippen molar-refractivity contribution in [3.8, 4) is 5.75 Å². The standard InChI is InChI=1S/C23H24N2O3S2/c1-14(2)25-22(27)20(30-23(25)29)12-17-7-5-6-8-19(17)28-13-21(26)24-18-10-9-15(3)11-16(18)4/h5-12,14H,13H2,1-4H3,(H,24,26)/b20-12-. The average Bonchev–Trinajstić information content (AvgIpc) is 2.96. The molecule has 0 unspecified atom stereocenters. The number of benzene rings is 2. The number of amides is 2. The molecule has 7 heteroatoms. The molecule has 0 aromatic heterocycles. The van der Waals surface area contributed by atoms with Crippen molar-refractivity contribution in [2.24, 2.45) is 0 Å². The Hall–Kier alpha value is -2.64. The summed E-state index contributed by atoms with van der Waals surface area (Å²) in [6.45, 7) is 7.68. The first-order valence-electron chi connectivity index (χ1n) is 9.62. The van der Waals surface area contributed by atoms with Gasteiger partial charge in [-0.3, -0.25) is 14.5 Å². The zero-order valence-corrected chi connectivity index (χ0v) is 19.0. The van der Waals surface area contributed by atoms with Crippen LogP contribution in [-0.4, -0.2) is 33.7 Å². The Morgan fingerprint density at radius 1 is 1.23 bits per heavy atom. The summed E-state index contributed by atoms with van der Waals surface area (Å²) < 4.78 is 6.31. The number of aryl methyl sites for hydroxylation is 2. The predicted octanol–water partition coefficient (Wildman–Crippen LogP) is 4.93. The third-order valence-corrected chi connectivity index (χ3v) is 5.89. The third-order valence-electron chi connectivity index (χ3n) is 4.56. The summed E-state index contributed by atoms with van der Waals surface area (Å²) in [7, 11) is 0. The van der Waals surface area contributed by atoms with E-state index in [1.165, 1.54) is 11.8 Å². The maximum absolute atomic E-state index is 12.6. The lowest BCUT2D eigenvalue weighted by Gasteiger charge is -2.18. The van der Waals surface area contributed by atoms with E-state index < -0.39 is 0 Å². The summed E-state index contributed by atoms with van der Waals surface area (Å²) in [5, 5.41) is 2.87. The minimum absolute atomic E-state index is 0.00354. The van der Waals surface area contributed by atoms with Crippen molar-refractivity contribution < 1.29 is 14.3 Å². The second kappa shape index (κ2) is 9.45. The van der Waals surface area contributed by atoms with Gasteiger partial charge in [-0.05, 0) is 51.5 Å². The van der Waals surface area contributed by atoms with Gasteiger partial charge in [-0.25, -0.2) is 0 Å². The molecule has 1 heterocycles. The molecule has 0 spiro atoms. The molecule has 2 amide bonds. The topological polar surface area (TPSA) is 58.6 Å². The fraction of sp³-hybridized carbons (Fsp3) is 0.261. The van der Waals surface area contributed by atoms with E-state index in [1.807, 2.05) is 64.1 Å². The van der Waals surface area contributed by atoms with Gasteiger partial charge in [0.2, 0.25) is 0 Å². The van der Waals surface area contributed by atoms with Gasteiger partial charge in [0, 0.05) is 17.3 Å². The molecule has 0 saturated carbocycles. The van der Waals surface area contributed by atoms with Gasteiger partial charge in [0.1, 0.15) is 10.1 Å². The summed E-state index contributed by atoms with van der Waals surface area (Å²) in [6.07, 6.45) is 1.76. The van der Waals surface area contributed by atoms with Crippen LogP contribution in [0.15, 0.2) is 47.4 Å². The van der Waals surface area contributed by atoms with Gasteiger partial charge in [-0.2, -0.15) is 0 Å². The fourth-order valence-corrected chi connectivity index (χ4v) is 4.60. The molecule has 30 heavy (non-hydrogen) atoms. The lowest BCUT2D eigenvalue weighted by atomic mass is 10.1. The molecular weight excluding hydrogens is 416 g/mol. The number of rotatable bonds is 6. The molecule has 1 aliphatic rings. The highest BCUT2D eigenvalue weighted by atomic mass is 32.2. The molecule has 0 aliphatic carbocycles. The smallest absolute Gasteiger partial charge is 0.266 e. The van der Waals surface area contributed by atoms with Gasteiger partial charge >= 0.3 is 0 Å². The zero-order valence-electron chi connectivity index (χ0n) is 17.4. The Labute approximate surface area is 186 Å². The molecular formula is C23H24N2O3S2. The molecule has 2 aromatic carbocycles. The molecule has 0 radical (unpaired) electrons. The van der Waals surface area contributed by atoms with Crippen molar-refractivity contribution in [2.75, 3.05) is 11.9 Å². The number of anilines is 1. The summed E-state index contributed by atoms with van der Waals surface area (Å²) in [5.41, 5.74) is 3.62. The highest BCUT2D eigenvalue weighted by molar-refractivity contribution is 8.26. The number of thiocarbonyl (C=S) groups is 1. The Kier molecular flexibility index (Phi) is 6.95. The number of carbonyl (C=O) groups is 2. The second-order valence-corrected chi connectivity index (χ2v) is 9.01. The Bertz CT molecular complexity index is 1030. The summed E-state index contributed by atoms with van der Waals surface area (Å²) in [4.78, 5) is 27.2. The average molecular weight is 441 g/mol. The minimum Gasteiger partial charge on any atom is -0.483 e. The first-order valence-corrected chi connectivity index (χ1v) is 10.8. The normalized spacial score (nSPS) is 15.2. The number of hydrogen-bond donors (Lipinski definition) is 1. The monoisotopic (exact) mass is 440 g/mol. The zero-order chi connectivity index (χ0) is 21.8. The van der Waals surface area contributed by atoms with Gasteiger partial charge in [-0.1, -0.05) is 59.9 Å². The van der Waals surface area contributed by atoms with E-state index in [1.54, 1.807) is 17.0 Å². The van der Waals surface area contributed by atoms with Crippen LogP contribution in [-0.2, 0) is 9.59 Å². The van der Waals surface area contributed by atoms with Gasteiger partial charge in [0.05, 0.1) is 4.91 Å². The van der Waals surface area contributed by atoms with E-state index in [9.17, 15) is 9.59 Å². The van der Waals surface area contributed by atoms with Crippen LogP contribution in [0.3, 0.4) is 0 Å². The molecule has 1 aliphatic heterocycles. The number of nitrogens with zero attached hydrogens (tertiary/aromatic N) is 1. The van der Waals surface area contributed by atoms with Gasteiger partial charge in [0.25, 0.3) is 11.8 Å². The molecule has 3 rings (SSSR count). The van der Waals surface area contributed by atoms with Crippen molar-refractivity contribution in [1.82, 2.24) is 4.90 Å². The molecule has 2 aromatic rings. The first kappa shape index (κ1) is 22.1. The van der Waals surface area contributed by atoms with E-state index in [4.69, 9.17) is 17.0 Å². The van der Waals surface area contributed by atoms with Crippen molar-refractivity contribution in [1.29, 1.82) is 0 Å². The first-order chi connectivity index (χ1) is 14.3. The molecule has 1 saturated heterocycles.